The normalized spacial score (nSPS) is 17.2. The zero-order valence-electron chi connectivity index (χ0n) is 11.6. The van der Waals surface area contributed by atoms with Gasteiger partial charge in [0.05, 0.1) is 11.9 Å². The lowest BCUT2D eigenvalue weighted by atomic mass is 9.75. The number of fused-ring (bicyclic) bond motifs is 1. The van der Waals surface area contributed by atoms with Crippen molar-refractivity contribution >= 4 is 37.7 Å². The number of aromatic nitrogens is 3. The molecule has 0 amide bonds. The second kappa shape index (κ2) is 4.98. The predicted octanol–water partition coefficient (Wildman–Crippen LogP) is 2.93. The molecule has 2 aromatic rings. The van der Waals surface area contributed by atoms with Crippen LogP contribution in [0.2, 0.25) is 0 Å². The number of carbonyl (C=O) groups excluding carboxylic acids is 1. The number of carbonyl (C=O) groups is 1. The van der Waals surface area contributed by atoms with Crippen LogP contribution in [0.3, 0.4) is 0 Å². The van der Waals surface area contributed by atoms with Crippen molar-refractivity contribution < 1.29 is 4.79 Å². The summed E-state index contributed by atoms with van der Waals surface area (Å²) in [6.07, 6.45) is 4.40. The van der Waals surface area contributed by atoms with Gasteiger partial charge in [-0.1, -0.05) is 13.8 Å². The van der Waals surface area contributed by atoms with Crippen LogP contribution in [0.4, 0.5) is 5.69 Å². The molecule has 0 aromatic carbocycles. The Balaban J connectivity index is 1.85. The fraction of sp³-hybridized carbons (Fsp3) is 0.500. The fourth-order valence-electron chi connectivity index (χ4n) is 2.79. The van der Waals surface area contributed by atoms with Gasteiger partial charge in [0.15, 0.2) is 5.65 Å². The number of nitrogens with zero attached hydrogens (tertiary/aromatic N) is 4. The third kappa shape index (κ3) is 2.19. The van der Waals surface area contributed by atoms with Gasteiger partial charge in [0.1, 0.15) is 0 Å². The number of pyridine rings is 1. The third-order valence-electron chi connectivity index (χ3n) is 4.41. The zero-order valence-corrected chi connectivity index (χ0v) is 13.8. The van der Waals surface area contributed by atoms with Crippen LogP contribution in [0.1, 0.15) is 37.3 Å². The van der Waals surface area contributed by atoms with E-state index in [0.717, 1.165) is 18.8 Å². The standard InChI is InChI=1S/C14H17IN4O/c1-3-14(4-2)8-18(9-14)10-5-6-11-16-13(12(15)20)17-19(11)7-10/h5-7H,3-4,8-9H2,1-2H3. The van der Waals surface area contributed by atoms with E-state index >= 15 is 0 Å². The number of anilines is 1. The lowest BCUT2D eigenvalue weighted by molar-refractivity contribution is 0.109. The number of hydrogen-bond acceptors (Lipinski definition) is 4. The first-order chi connectivity index (χ1) is 9.57. The van der Waals surface area contributed by atoms with Crippen molar-refractivity contribution in [3.63, 3.8) is 0 Å². The summed E-state index contributed by atoms with van der Waals surface area (Å²) in [6.45, 7) is 6.72. The first kappa shape index (κ1) is 13.8. The molecule has 0 bridgehead atoms. The summed E-state index contributed by atoms with van der Waals surface area (Å²) in [4.78, 5) is 17.9. The van der Waals surface area contributed by atoms with E-state index in [1.54, 1.807) is 27.1 Å². The summed E-state index contributed by atoms with van der Waals surface area (Å²) in [7, 11) is 0. The average Bonchev–Trinajstić information content (AvgIpc) is 2.82. The molecule has 0 atom stereocenters. The van der Waals surface area contributed by atoms with Gasteiger partial charge in [-0.2, -0.15) is 0 Å². The van der Waals surface area contributed by atoms with E-state index in [1.165, 1.54) is 12.8 Å². The van der Waals surface area contributed by atoms with Crippen molar-refractivity contribution in [1.82, 2.24) is 14.6 Å². The molecule has 0 unspecified atom stereocenters. The maximum Gasteiger partial charge on any atom is 0.261 e. The maximum absolute atomic E-state index is 11.3. The molecular formula is C14H17IN4O. The first-order valence-corrected chi connectivity index (χ1v) is 7.96. The Morgan fingerprint density at radius 2 is 2.05 bits per heavy atom. The largest absolute Gasteiger partial charge is 0.369 e. The van der Waals surface area contributed by atoms with Crippen LogP contribution in [0.5, 0.6) is 0 Å². The summed E-state index contributed by atoms with van der Waals surface area (Å²) >= 11 is 1.71. The van der Waals surface area contributed by atoms with Gasteiger partial charge >= 0.3 is 0 Å². The van der Waals surface area contributed by atoms with E-state index in [9.17, 15) is 4.79 Å². The van der Waals surface area contributed by atoms with Gasteiger partial charge in [0, 0.05) is 41.1 Å². The highest BCUT2D eigenvalue weighted by Crippen LogP contribution is 2.39. The van der Waals surface area contributed by atoms with Crippen LogP contribution >= 0.6 is 22.6 Å². The SMILES string of the molecule is CCC1(CC)CN(c2ccc3nc(C(=O)I)nn3c2)C1. The Bertz CT molecular complexity index is 654. The van der Waals surface area contributed by atoms with Gasteiger partial charge < -0.3 is 4.90 Å². The Morgan fingerprint density at radius 3 is 2.65 bits per heavy atom. The molecule has 0 saturated carbocycles. The van der Waals surface area contributed by atoms with E-state index in [1.807, 2.05) is 12.3 Å². The molecule has 1 fully saturated rings. The van der Waals surface area contributed by atoms with Gasteiger partial charge in [-0.25, -0.2) is 9.50 Å². The molecule has 3 rings (SSSR count). The van der Waals surface area contributed by atoms with Gasteiger partial charge in [0.2, 0.25) is 5.82 Å². The smallest absolute Gasteiger partial charge is 0.261 e. The van der Waals surface area contributed by atoms with E-state index in [0.29, 0.717) is 11.1 Å². The molecule has 5 nitrogen and oxygen atoms in total. The van der Waals surface area contributed by atoms with E-state index < -0.39 is 0 Å². The van der Waals surface area contributed by atoms with Crippen molar-refractivity contribution in [3.05, 3.63) is 24.2 Å². The lowest BCUT2D eigenvalue weighted by Crippen LogP contribution is -2.56. The Hall–Kier alpha value is -1.18. The quantitative estimate of drug-likeness (QED) is 0.601. The predicted molar refractivity (Wildman–Crippen MR) is 86.6 cm³/mol. The van der Waals surface area contributed by atoms with Crippen LogP contribution in [0.25, 0.3) is 5.65 Å². The number of hydrogen-bond donors (Lipinski definition) is 0. The highest BCUT2D eigenvalue weighted by atomic mass is 127. The van der Waals surface area contributed by atoms with E-state index in [4.69, 9.17) is 0 Å². The second-order valence-electron chi connectivity index (χ2n) is 5.46. The first-order valence-electron chi connectivity index (χ1n) is 6.88. The van der Waals surface area contributed by atoms with Gasteiger partial charge in [-0.3, -0.25) is 4.79 Å². The molecule has 20 heavy (non-hydrogen) atoms. The molecule has 0 spiro atoms. The minimum Gasteiger partial charge on any atom is -0.369 e. The van der Waals surface area contributed by atoms with Crippen LogP contribution in [-0.2, 0) is 0 Å². The van der Waals surface area contributed by atoms with Crippen LogP contribution in [0, 0.1) is 5.41 Å². The maximum atomic E-state index is 11.3. The molecule has 3 heterocycles. The molecule has 0 aliphatic carbocycles. The molecule has 0 radical (unpaired) electrons. The molecule has 6 heteroatoms. The second-order valence-corrected chi connectivity index (χ2v) is 6.44. The van der Waals surface area contributed by atoms with Crippen LogP contribution < -0.4 is 4.90 Å². The van der Waals surface area contributed by atoms with E-state index in [-0.39, 0.29) is 9.61 Å². The van der Waals surface area contributed by atoms with Gasteiger partial charge in [-0.05, 0) is 25.0 Å². The minimum absolute atomic E-state index is 0.132. The van der Waals surface area contributed by atoms with Crippen molar-refractivity contribution in [2.45, 2.75) is 26.7 Å². The topological polar surface area (TPSA) is 50.5 Å². The van der Waals surface area contributed by atoms with E-state index in [2.05, 4.69) is 34.9 Å². The highest BCUT2D eigenvalue weighted by molar-refractivity contribution is 14.1. The fourth-order valence-corrected chi connectivity index (χ4v) is 3.01. The van der Waals surface area contributed by atoms with Crippen molar-refractivity contribution in [2.75, 3.05) is 18.0 Å². The van der Waals surface area contributed by atoms with Crippen molar-refractivity contribution in [2.24, 2.45) is 5.41 Å². The Labute approximate surface area is 131 Å². The summed E-state index contributed by atoms with van der Waals surface area (Å²) in [5.74, 6) is 0.267. The molecule has 0 N–H and O–H groups in total. The van der Waals surface area contributed by atoms with Crippen molar-refractivity contribution in [3.8, 4) is 0 Å². The highest BCUT2D eigenvalue weighted by Gasteiger charge is 2.39. The minimum atomic E-state index is -0.132. The van der Waals surface area contributed by atoms with Crippen LogP contribution in [-0.4, -0.2) is 31.5 Å². The molecule has 1 aliphatic rings. The molecule has 2 aromatic heterocycles. The molecular weight excluding hydrogens is 367 g/mol. The Kier molecular flexibility index (Phi) is 3.43. The van der Waals surface area contributed by atoms with Gasteiger partial charge in [0.25, 0.3) is 3.79 Å². The number of rotatable bonds is 4. The van der Waals surface area contributed by atoms with Crippen molar-refractivity contribution in [1.29, 1.82) is 0 Å². The third-order valence-corrected chi connectivity index (χ3v) is 4.89. The molecule has 1 saturated heterocycles. The van der Waals surface area contributed by atoms with Gasteiger partial charge in [-0.15, -0.1) is 5.10 Å². The monoisotopic (exact) mass is 384 g/mol. The summed E-state index contributed by atoms with van der Waals surface area (Å²) in [5, 5.41) is 4.21. The van der Waals surface area contributed by atoms with Crippen LogP contribution in [0.15, 0.2) is 18.3 Å². The molecule has 106 valence electrons. The molecule has 1 aliphatic heterocycles. The summed E-state index contributed by atoms with van der Waals surface area (Å²) < 4.78 is 1.56. The lowest BCUT2D eigenvalue weighted by Gasteiger charge is -2.51. The average molecular weight is 384 g/mol. The summed E-state index contributed by atoms with van der Waals surface area (Å²) in [5.41, 5.74) is 2.33. The summed E-state index contributed by atoms with van der Waals surface area (Å²) in [6, 6.07) is 3.98. The number of halogens is 1. The Morgan fingerprint density at radius 1 is 1.35 bits per heavy atom. The zero-order chi connectivity index (χ0) is 14.3.